The standard InChI is InChI=1S/C13H11FO/c14-12-4-3-9-6-10-2-1-5-15-13(10)8-11(9)7-12/h3-4,6-8H,1-2,5H2. The zero-order valence-corrected chi connectivity index (χ0v) is 8.29. The van der Waals surface area contributed by atoms with E-state index in [9.17, 15) is 4.39 Å². The third kappa shape index (κ3) is 1.46. The fraction of sp³-hybridized carbons (Fsp3) is 0.231. The monoisotopic (exact) mass is 202 g/mol. The Morgan fingerprint density at radius 1 is 1.07 bits per heavy atom. The summed E-state index contributed by atoms with van der Waals surface area (Å²) in [7, 11) is 0. The van der Waals surface area contributed by atoms with Gasteiger partial charge in [0.1, 0.15) is 11.6 Å². The molecule has 2 aromatic carbocycles. The van der Waals surface area contributed by atoms with Gasteiger partial charge in [0.25, 0.3) is 0 Å². The molecule has 76 valence electrons. The lowest BCUT2D eigenvalue weighted by atomic mass is 10.0. The summed E-state index contributed by atoms with van der Waals surface area (Å²) in [6.07, 6.45) is 2.13. The van der Waals surface area contributed by atoms with Crippen molar-refractivity contribution in [2.45, 2.75) is 12.8 Å². The van der Waals surface area contributed by atoms with Gasteiger partial charge < -0.3 is 4.74 Å². The third-order valence-corrected chi connectivity index (χ3v) is 2.83. The number of ether oxygens (including phenoxy) is 1. The van der Waals surface area contributed by atoms with Crippen molar-refractivity contribution in [3.63, 3.8) is 0 Å². The summed E-state index contributed by atoms with van der Waals surface area (Å²) in [5.74, 6) is 0.720. The maximum atomic E-state index is 13.0. The highest BCUT2D eigenvalue weighted by Crippen LogP contribution is 2.30. The average Bonchev–Trinajstić information content (AvgIpc) is 2.26. The van der Waals surface area contributed by atoms with Gasteiger partial charge in [-0.05, 0) is 53.4 Å². The first kappa shape index (κ1) is 8.72. The summed E-state index contributed by atoms with van der Waals surface area (Å²) >= 11 is 0. The molecule has 1 nitrogen and oxygen atoms in total. The van der Waals surface area contributed by atoms with Crippen molar-refractivity contribution in [1.82, 2.24) is 0 Å². The van der Waals surface area contributed by atoms with Gasteiger partial charge in [-0.3, -0.25) is 0 Å². The van der Waals surface area contributed by atoms with E-state index < -0.39 is 0 Å². The lowest BCUT2D eigenvalue weighted by Gasteiger charge is -2.17. The van der Waals surface area contributed by atoms with Crippen LogP contribution in [0, 0.1) is 5.82 Å². The lowest BCUT2D eigenvalue weighted by Crippen LogP contribution is -2.07. The van der Waals surface area contributed by atoms with E-state index in [0.29, 0.717) is 0 Å². The van der Waals surface area contributed by atoms with E-state index in [1.54, 1.807) is 6.07 Å². The molecule has 0 N–H and O–H groups in total. The molecule has 0 aliphatic carbocycles. The van der Waals surface area contributed by atoms with Crippen molar-refractivity contribution in [1.29, 1.82) is 0 Å². The highest BCUT2D eigenvalue weighted by molar-refractivity contribution is 5.85. The van der Waals surface area contributed by atoms with Crippen LogP contribution in [0.3, 0.4) is 0 Å². The van der Waals surface area contributed by atoms with Gasteiger partial charge in [-0.15, -0.1) is 0 Å². The maximum Gasteiger partial charge on any atom is 0.123 e. The van der Waals surface area contributed by atoms with Crippen molar-refractivity contribution >= 4 is 10.8 Å². The average molecular weight is 202 g/mol. The SMILES string of the molecule is Fc1ccc2cc3c(cc2c1)OCCC3. The molecule has 0 atom stereocenters. The van der Waals surface area contributed by atoms with E-state index >= 15 is 0 Å². The fourth-order valence-corrected chi connectivity index (χ4v) is 2.07. The molecule has 0 radical (unpaired) electrons. The minimum Gasteiger partial charge on any atom is -0.493 e. The zero-order chi connectivity index (χ0) is 10.3. The van der Waals surface area contributed by atoms with Crippen molar-refractivity contribution in [2.24, 2.45) is 0 Å². The highest BCUT2D eigenvalue weighted by atomic mass is 19.1. The Labute approximate surface area is 87.5 Å². The van der Waals surface area contributed by atoms with Crippen molar-refractivity contribution in [3.8, 4) is 5.75 Å². The molecule has 0 fully saturated rings. The Hall–Kier alpha value is -1.57. The highest BCUT2D eigenvalue weighted by Gasteiger charge is 2.11. The summed E-state index contributed by atoms with van der Waals surface area (Å²) in [5.41, 5.74) is 1.24. The molecule has 2 heteroatoms. The van der Waals surface area contributed by atoms with Crippen LogP contribution in [0.25, 0.3) is 10.8 Å². The van der Waals surface area contributed by atoms with E-state index in [1.807, 2.05) is 12.1 Å². The van der Waals surface area contributed by atoms with Crippen LogP contribution in [0.4, 0.5) is 4.39 Å². The first-order valence-electron chi connectivity index (χ1n) is 5.18. The second kappa shape index (κ2) is 3.23. The van der Waals surface area contributed by atoms with Crippen LogP contribution in [0.1, 0.15) is 12.0 Å². The van der Waals surface area contributed by atoms with Gasteiger partial charge in [-0.2, -0.15) is 0 Å². The molecule has 0 amide bonds. The van der Waals surface area contributed by atoms with Crippen LogP contribution >= 0.6 is 0 Å². The number of rotatable bonds is 0. The van der Waals surface area contributed by atoms with Crippen molar-refractivity contribution in [3.05, 3.63) is 41.7 Å². The van der Waals surface area contributed by atoms with E-state index in [1.165, 1.54) is 11.6 Å². The molecular weight excluding hydrogens is 191 g/mol. The van der Waals surface area contributed by atoms with E-state index in [0.717, 1.165) is 36.0 Å². The Morgan fingerprint density at radius 3 is 2.93 bits per heavy atom. The van der Waals surface area contributed by atoms with Gasteiger partial charge in [0.2, 0.25) is 0 Å². The number of fused-ring (bicyclic) bond motifs is 2. The minimum absolute atomic E-state index is 0.196. The molecule has 2 aromatic rings. The number of benzene rings is 2. The molecule has 0 saturated carbocycles. The summed E-state index contributed by atoms with van der Waals surface area (Å²) in [5, 5.41) is 2.00. The molecule has 15 heavy (non-hydrogen) atoms. The van der Waals surface area contributed by atoms with Gasteiger partial charge in [0.05, 0.1) is 6.61 Å². The smallest absolute Gasteiger partial charge is 0.123 e. The van der Waals surface area contributed by atoms with Crippen molar-refractivity contribution in [2.75, 3.05) is 6.61 Å². The quantitative estimate of drug-likeness (QED) is 0.636. The molecule has 0 saturated heterocycles. The number of aryl methyl sites for hydroxylation is 1. The minimum atomic E-state index is -0.196. The van der Waals surface area contributed by atoms with Gasteiger partial charge in [0.15, 0.2) is 0 Å². The Balaban J connectivity index is 2.26. The Bertz CT molecular complexity index is 519. The van der Waals surface area contributed by atoms with Crippen molar-refractivity contribution < 1.29 is 9.13 Å². The van der Waals surface area contributed by atoms with Crippen LogP contribution < -0.4 is 4.74 Å². The number of hydrogen-bond donors (Lipinski definition) is 0. The lowest BCUT2D eigenvalue weighted by molar-refractivity contribution is 0.289. The zero-order valence-electron chi connectivity index (χ0n) is 8.29. The Kier molecular flexibility index (Phi) is 1.88. The molecule has 0 spiro atoms. The second-order valence-corrected chi connectivity index (χ2v) is 3.90. The predicted molar refractivity (Wildman–Crippen MR) is 57.7 cm³/mol. The normalized spacial score (nSPS) is 14.7. The van der Waals surface area contributed by atoms with Gasteiger partial charge in [-0.25, -0.2) is 4.39 Å². The number of hydrogen-bond acceptors (Lipinski definition) is 1. The van der Waals surface area contributed by atoms with Gasteiger partial charge in [-0.1, -0.05) is 6.07 Å². The largest absolute Gasteiger partial charge is 0.493 e. The van der Waals surface area contributed by atoms with Crippen LogP contribution in [0.2, 0.25) is 0 Å². The van der Waals surface area contributed by atoms with Crippen LogP contribution in [-0.2, 0) is 6.42 Å². The summed E-state index contributed by atoms with van der Waals surface area (Å²) in [6.45, 7) is 0.772. The fourth-order valence-electron chi connectivity index (χ4n) is 2.07. The van der Waals surface area contributed by atoms with Gasteiger partial charge >= 0.3 is 0 Å². The predicted octanol–water partition coefficient (Wildman–Crippen LogP) is 3.30. The summed E-state index contributed by atoms with van der Waals surface area (Å²) < 4.78 is 18.6. The second-order valence-electron chi connectivity index (χ2n) is 3.90. The number of halogens is 1. The van der Waals surface area contributed by atoms with Crippen LogP contribution in [-0.4, -0.2) is 6.61 Å². The molecule has 3 rings (SSSR count). The maximum absolute atomic E-state index is 13.0. The van der Waals surface area contributed by atoms with E-state index in [-0.39, 0.29) is 5.82 Å². The first-order valence-corrected chi connectivity index (χ1v) is 5.18. The molecular formula is C13H11FO. The summed E-state index contributed by atoms with van der Waals surface area (Å²) in [4.78, 5) is 0. The molecule has 1 aliphatic rings. The Morgan fingerprint density at radius 2 is 2.00 bits per heavy atom. The molecule has 1 heterocycles. The topological polar surface area (TPSA) is 9.23 Å². The third-order valence-electron chi connectivity index (χ3n) is 2.83. The molecule has 0 aromatic heterocycles. The van der Waals surface area contributed by atoms with E-state index in [4.69, 9.17) is 4.74 Å². The van der Waals surface area contributed by atoms with Crippen LogP contribution in [0.5, 0.6) is 5.75 Å². The van der Waals surface area contributed by atoms with Crippen LogP contribution in [0.15, 0.2) is 30.3 Å². The van der Waals surface area contributed by atoms with Gasteiger partial charge in [0, 0.05) is 0 Å². The molecule has 0 bridgehead atoms. The molecule has 1 aliphatic heterocycles. The first-order chi connectivity index (χ1) is 7.33. The molecule has 0 unspecified atom stereocenters. The van der Waals surface area contributed by atoms with E-state index in [2.05, 4.69) is 6.07 Å². The summed E-state index contributed by atoms with van der Waals surface area (Å²) in [6, 6.07) is 8.90.